The molecule has 0 aromatic carbocycles. The predicted octanol–water partition coefficient (Wildman–Crippen LogP) is -1.45. The fourth-order valence-corrected chi connectivity index (χ4v) is 1.69. The van der Waals surface area contributed by atoms with Crippen LogP contribution in [-0.2, 0) is 4.79 Å². The van der Waals surface area contributed by atoms with E-state index in [0.717, 1.165) is 19.4 Å². The summed E-state index contributed by atoms with van der Waals surface area (Å²) < 4.78 is 0. The SMILES string of the molecule is O=C([C@@H]1CCCN1)N(CCO)CCO. The lowest BCUT2D eigenvalue weighted by molar-refractivity contribution is -0.134. The molecular weight excluding hydrogens is 184 g/mol. The number of nitrogens with zero attached hydrogens (tertiary/aromatic N) is 1. The Labute approximate surface area is 83.7 Å². The van der Waals surface area contributed by atoms with Gasteiger partial charge in [0.1, 0.15) is 0 Å². The van der Waals surface area contributed by atoms with Crippen LogP contribution in [-0.4, -0.2) is 59.9 Å². The average Bonchev–Trinajstić information content (AvgIpc) is 2.69. The number of amides is 1. The van der Waals surface area contributed by atoms with Crippen molar-refractivity contribution in [3.8, 4) is 0 Å². The van der Waals surface area contributed by atoms with E-state index < -0.39 is 0 Å². The number of hydrogen-bond donors (Lipinski definition) is 3. The van der Waals surface area contributed by atoms with Gasteiger partial charge in [0.15, 0.2) is 0 Å². The lowest BCUT2D eigenvalue weighted by Crippen LogP contribution is -2.45. The molecule has 0 aliphatic carbocycles. The molecule has 0 aromatic rings. The highest BCUT2D eigenvalue weighted by Gasteiger charge is 2.25. The normalized spacial score (nSPS) is 21.1. The Kier molecular flexibility index (Phi) is 4.86. The van der Waals surface area contributed by atoms with Gasteiger partial charge in [0, 0.05) is 13.1 Å². The standard InChI is InChI=1S/C9H18N2O3/c12-6-4-11(5-7-13)9(14)8-2-1-3-10-8/h8,10,12-13H,1-7H2/t8-/m0/s1. The van der Waals surface area contributed by atoms with Gasteiger partial charge in [-0.2, -0.15) is 0 Å². The monoisotopic (exact) mass is 202 g/mol. The van der Waals surface area contributed by atoms with Gasteiger partial charge in [-0.15, -0.1) is 0 Å². The molecule has 1 heterocycles. The largest absolute Gasteiger partial charge is 0.395 e. The van der Waals surface area contributed by atoms with Crippen molar-refractivity contribution in [3.05, 3.63) is 0 Å². The van der Waals surface area contributed by atoms with Gasteiger partial charge in [-0.1, -0.05) is 0 Å². The Bertz CT molecular complexity index is 175. The summed E-state index contributed by atoms with van der Waals surface area (Å²) >= 11 is 0. The smallest absolute Gasteiger partial charge is 0.239 e. The minimum absolute atomic E-state index is 0.00870. The molecule has 82 valence electrons. The molecule has 1 saturated heterocycles. The van der Waals surface area contributed by atoms with E-state index in [1.54, 1.807) is 0 Å². The van der Waals surface area contributed by atoms with Crippen LogP contribution >= 0.6 is 0 Å². The van der Waals surface area contributed by atoms with E-state index in [9.17, 15) is 4.79 Å². The molecule has 1 aliphatic heterocycles. The van der Waals surface area contributed by atoms with Gasteiger partial charge in [0.2, 0.25) is 5.91 Å². The number of carbonyl (C=O) groups is 1. The van der Waals surface area contributed by atoms with Crippen molar-refractivity contribution in [1.29, 1.82) is 0 Å². The molecule has 0 bridgehead atoms. The van der Waals surface area contributed by atoms with Crippen LogP contribution in [0.5, 0.6) is 0 Å². The number of carbonyl (C=O) groups excluding carboxylic acids is 1. The van der Waals surface area contributed by atoms with E-state index >= 15 is 0 Å². The first-order valence-corrected chi connectivity index (χ1v) is 5.03. The van der Waals surface area contributed by atoms with Crippen molar-refractivity contribution in [2.75, 3.05) is 32.8 Å². The second-order valence-electron chi connectivity index (χ2n) is 3.42. The fourth-order valence-electron chi connectivity index (χ4n) is 1.69. The van der Waals surface area contributed by atoms with Crippen LogP contribution in [0, 0.1) is 0 Å². The molecule has 3 N–H and O–H groups in total. The van der Waals surface area contributed by atoms with E-state index in [-0.39, 0.29) is 25.2 Å². The van der Waals surface area contributed by atoms with Gasteiger partial charge in [-0.25, -0.2) is 0 Å². The molecule has 1 fully saturated rings. The molecular formula is C9H18N2O3. The number of aliphatic hydroxyl groups is 2. The lowest BCUT2D eigenvalue weighted by atomic mass is 10.2. The second kappa shape index (κ2) is 5.95. The Morgan fingerprint density at radius 2 is 2.00 bits per heavy atom. The highest BCUT2D eigenvalue weighted by molar-refractivity contribution is 5.82. The van der Waals surface area contributed by atoms with E-state index in [0.29, 0.717) is 13.1 Å². The van der Waals surface area contributed by atoms with Crippen LogP contribution in [0.4, 0.5) is 0 Å². The summed E-state index contributed by atoms with van der Waals surface area (Å²) in [5.41, 5.74) is 0. The molecule has 1 rings (SSSR count). The third-order valence-electron chi connectivity index (χ3n) is 2.41. The molecule has 5 heteroatoms. The molecule has 5 nitrogen and oxygen atoms in total. The van der Waals surface area contributed by atoms with Crippen molar-refractivity contribution >= 4 is 5.91 Å². The van der Waals surface area contributed by atoms with Gasteiger partial charge in [-0.05, 0) is 19.4 Å². The zero-order valence-electron chi connectivity index (χ0n) is 8.28. The van der Waals surface area contributed by atoms with E-state index in [4.69, 9.17) is 10.2 Å². The molecule has 0 spiro atoms. The first-order valence-electron chi connectivity index (χ1n) is 5.03. The quantitative estimate of drug-likeness (QED) is 0.510. The predicted molar refractivity (Wildman–Crippen MR) is 51.8 cm³/mol. The Morgan fingerprint density at radius 1 is 1.36 bits per heavy atom. The average molecular weight is 202 g/mol. The van der Waals surface area contributed by atoms with Crippen LogP contribution < -0.4 is 5.32 Å². The summed E-state index contributed by atoms with van der Waals surface area (Å²) in [7, 11) is 0. The van der Waals surface area contributed by atoms with Crippen molar-refractivity contribution in [3.63, 3.8) is 0 Å². The van der Waals surface area contributed by atoms with Crippen LogP contribution in [0.2, 0.25) is 0 Å². The van der Waals surface area contributed by atoms with Gasteiger partial charge >= 0.3 is 0 Å². The Morgan fingerprint density at radius 3 is 2.43 bits per heavy atom. The third kappa shape index (κ3) is 2.94. The van der Waals surface area contributed by atoms with Crippen LogP contribution in [0.1, 0.15) is 12.8 Å². The summed E-state index contributed by atoms with van der Waals surface area (Å²) in [5, 5.41) is 20.6. The molecule has 0 saturated carbocycles. The maximum Gasteiger partial charge on any atom is 0.239 e. The number of nitrogens with one attached hydrogen (secondary N) is 1. The maximum absolute atomic E-state index is 11.8. The van der Waals surface area contributed by atoms with Gasteiger partial charge in [0.25, 0.3) is 0 Å². The minimum atomic E-state index is -0.118. The van der Waals surface area contributed by atoms with Crippen molar-refractivity contribution in [1.82, 2.24) is 10.2 Å². The number of rotatable bonds is 5. The minimum Gasteiger partial charge on any atom is -0.395 e. The van der Waals surface area contributed by atoms with Gasteiger partial charge < -0.3 is 20.4 Å². The summed E-state index contributed by atoms with van der Waals surface area (Å²) in [6.07, 6.45) is 1.87. The zero-order valence-corrected chi connectivity index (χ0v) is 8.28. The third-order valence-corrected chi connectivity index (χ3v) is 2.41. The van der Waals surface area contributed by atoms with Gasteiger partial charge in [-0.3, -0.25) is 4.79 Å². The van der Waals surface area contributed by atoms with Crippen molar-refractivity contribution in [2.45, 2.75) is 18.9 Å². The first kappa shape index (κ1) is 11.4. The molecule has 1 amide bonds. The summed E-state index contributed by atoms with van der Waals surface area (Å²) in [6.45, 7) is 1.37. The number of hydrogen-bond acceptors (Lipinski definition) is 4. The summed E-state index contributed by atoms with van der Waals surface area (Å²) in [6, 6.07) is -0.118. The Balaban J connectivity index is 2.43. The topological polar surface area (TPSA) is 72.8 Å². The van der Waals surface area contributed by atoms with E-state index in [1.165, 1.54) is 4.90 Å². The highest BCUT2D eigenvalue weighted by atomic mass is 16.3. The summed E-state index contributed by atoms with van der Waals surface area (Å²) in [4.78, 5) is 13.3. The maximum atomic E-state index is 11.8. The molecule has 1 aliphatic rings. The van der Waals surface area contributed by atoms with E-state index in [1.807, 2.05) is 0 Å². The Hall–Kier alpha value is -0.650. The first-order chi connectivity index (χ1) is 6.79. The molecule has 0 radical (unpaired) electrons. The van der Waals surface area contributed by atoms with Crippen molar-refractivity contribution in [2.24, 2.45) is 0 Å². The zero-order chi connectivity index (χ0) is 10.4. The molecule has 0 aromatic heterocycles. The van der Waals surface area contributed by atoms with Crippen LogP contribution in [0.3, 0.4) is 0 Å². The molecule has 0 unspecified atom stereocenters. The van der Waals surface area contributed by atoms with E-state index in [2.05, 4.69) is 5.32 Å². The van der Waals surface area contributed by atoms with Crippen molar-refractivity contribution < 1.29 is 15.0 Å². The molecule has 1 atom stereocenters. The number of aliphatic hydroxyl groups excluding tert-OH is 2. The highest BCUT2D eigenvalue weighted by Crippen LogP contribution is 2.08. The molecule has 14 heavy (non-hydrogen) atoms. The summed E-state index contributed by atoms with van der Waals surface area (Å²) in [5.74, 6) is -0.00870. The van der Waals surface area contributed by atoms with Gasteiger partial charge in [0.05, 0.1) is 19.3 Å². The second-order valence-corrected chi connectivity index (χ2v) is 3.42. The van der Waals surface area contributed by atoms with Crippen LogP contribution in [0.25, 0.3) is 0 Å². The lowest BCUT2D eigenvalue weighted by Gasteiger charge is -2.23. The van der Waals surface area contributed by atoms with Crippen LogP contribution in [0.15, 0.2) is 0 Å². The fraction of sp³-hybridized carbons (Fsp3) is 0.889.